The van der Waals surface area contributed by atoms with Gasteiger partial charge in [-0.15, -0.1) is 0 Å². The van der Waals surface area contributed by atoms with Gasteiger partial charge in [-0.25, -0.2) is 9.59 Å². The number of fused-ring (bicyclic) bond motifs is 1. The Bertz CT molecular complexity index is 1270. The van der Waals surface area contributed by atoms with E-state index in [1.54, 1.807) is 23.4 Å². The number of carbonyl (C=O) groups is 2. The molecule has 0 saturated heterocycles. The molecule has 7 heteroatoms. The van der Waals surface area contributed by atoms with Crippen LogP contribution in [0.2, 0.25) is 0 Å². The number of nitrogens with one attached hydrogen (secondary N) is 1. The minimum atomic E-state index is -0.606. The highest BCUT2D eigenvalue weighted by Crippen LogP contribution is 2.35. The van der Waals surface area contributed by atoms with Crippen molar-refractivity contribution >= 4 is 17.7 Å². The van der Waals surface area contributed by atoms with Crippen LogP contribution in [0.1, 0.15) is 53.9 Å². The molecule has 1 aliphatic rings. The van der Waals surface area contributed by atoms with Gasteiger partial charge in [0.25, 0.3) is 0 Å². The normalized spacial score (nSPS) is 15.1. The van der Waals surface area contributed by atoms with E-state index in [4.69, 9.17) is 9.47 Å². The van der Waals surface area contributed by atoms with Crippen molar-refractivity contribution in [1.82, 2.24) is 9.88 Å². The summed E-state index contributed by atoms with van der Waals surface area (Å²) < 4.78 is 10.6. The SMILES string of the molecule is COC(=O)c1ccncc1NC[C@H]1c2ccc(-c3ccccc3C)cc2CCN1C(=O)OC(C)(C)C. The molecule has 3 aromatic rings. The Kier molecular flexibility index (Phi) is 7.29. The number of amides is 1. The summed E-state index contributed by atoms with van der Waals surface area (Å²) >= 11 is 0. The molecule has 1 aromatic heterocycles. The number of rotatable bonds is 5. The maximum absolute atomic E-state index is 13.2. The summed E-state index contributed by atoms with van der Waals surface area (Å²) in [6.07, 6.45) is 3.51. The van der Waals surface area contributed by atoms with Crippen molar-refractivity contribution in [3.8, 4) is 11.1 Å². The average Bonchev–Trinajstić information content (AvgIpc) is 2.85. The van der Waals surface area contributed by atoms with Gasteiger partial charge in [0.2, 0.25) is 0 Å². The Morgan fingerprint density at radius 1 is 1.14 bits per heavy atom. The molecule has 0 radical (unpaired) electrons. The molecule has 0 fully saturated rings. The fourth-order valence-corrected chi connectivity index (χ4v) is 4.57. The fraction of sp³-hybridized carbons (Fsp3) is 0.345. The van der Waals surface area contributed by atoms with Crippen LogP contribution in [-0.2, 0) is 15.9 Å². The number of anilines is 1. The minimum absolute atomic E-state index is 0.291. The molecule has 0 unspecified atom stereocenters. The molecule has 0 saturated carbocycles. The van der Waals surface area contributed by atoms with Gasteiger partial charge in [-0.3, -0.25) is 9.88 Å². The van der Waals surface area contributed by atoms with Crippen molar-refractivity contribution in [2.75, 3.05) is 25.5 Å². The number of ether oxygens (including phenoxy) is 2. The van der Waals surface area contributed by atoms with E-state index in [0.29, 0.717) is 24.3 Å². The molecule has 1 atom stereocenters. The number of nitrogens with zero attached hydrogens (tertiary/aromatic N) is 2. The first-order chi connectivity index (χ1) is 17.2. The molecule has 0 aliphatic carbocycles. The summed E-state index contributed by atoms with van der Waals surface area (Å²) in [6, 6.07) is 16.1. The standard InChI is InChI=1S/C29H33N3O4/c1-19-8-6-7-9-22(19)20-10-11-23-21(16-20)13-15-32(28(34)36-29(2,3)4)26(23)18-31-25-17-30-14-12-24(25)27(33)35-5/h6-12,14,16-17,26,31H,13,15,18H2,1-5H3/t26-/m0/s1. The largest absolute Gasteiger partial charge is 0.465 e. The first-order valence-corrected chi connectivity index (χ1v) is 12.1. The van der Waals surface area contributed by atoms with E-state index in [9.17, 15) is 9.59 Å². The van der Waals surface area contributed by atoms with Crippen LogP contribution in [0.25, 0.3) is 11.1 Å². The molecule has 188 valence electrons. The van der Waals surface area contributed by atoms with E-state index >= 15 is 0 Å². The van der Waals surface area contributed by atoms with Crippen LogP contribution in [0.3, 0.4) is 0 Å². The van der Waals surface area contributed by atoms with Crippen LogP contribution in [0.4, 0.5) is 10.5 Å². The topological polar surface area (TPSA) is 80.8 Å². The fourth-order valence-electron chi connectivity index (χ4n) is 4.57. The van der Waals surface area contributed by atoms with Crippen LogP contribution < -0.4 is 5.32 Å². The van der Waals surface area contributed by atoms with Crippen molar-refractivity contribution in [3.05, 3.63) is 83.2 Å². The zero-order valence-electron chi connectivity index (χ0n) is 21.5. The lowest BCUT2D eigenvalue weighted by molar-refractivity contribution is 0.0153. The smallest absolute Gasteiger partial charge is 0.410 e. The van der Waals surface area contributed by atoms with Crippen LogP contribution in [-0.4, -0.2) is 47.7 Å². The van der Waals surface area contributed by atoms with E-state index in [1.807, 2.05) is 32.9 Å². The Balaban J connectivity index is 1.68. The summed E-state index contributed by atoms with van der Waals surface area (Å²) in [6.45, 7) is 8.61. The summed E-state index contributed by atoms with van der Waals surface area (Å²) in [5.41, 5.74) is 6.16. The van der Waals surface area contributed by atoms with E-state index in [0.717, 1.165) is 17.5 Å². The second-order valence-electron chi connectivity index (χ2n) is 9.96. The van der Waals surface area contributed by atoms with Gasteiger partial charge in [0.1, 0.15) is 5.60 Å². The Labute approximate surface area is 212 Å². The summed E-state index contributed by atoms with van der Waals surface area (Å²) in [4.78, 5) is 31.3. The number of carbonyl (C=O) groups excluding carboxylic acids is 2. The molecule has 1 aliphatic heterocycles. The van der Waals surface area contributed by atoms with Gasteiger partial charge in [0.15, 0.2) is 0 Å². The van der Waals surface area contributed by atoms with Gasteiger partial charge < -0.3 is 14.8 Å². The Morgan fingerprint density at radius 3 is 2.64 bits per heavy atom. The second kappa shape index (κ2) is 10.4. The number of benzene rings is 2. The lowest BCUT2D eigenvalue weighted by Gasteiger charge is -2.38. The zero-order chi connectivity index (χ0) is 25.9. The maximum Gasteiger partial charge on any atom is 0.410 e. The number of pyridine rings is 1. The van der Waals surface area contributed by atoms with Gasteiger partial charge >= 0.3 is 12.1 Å². The van der Waals surface area contributed by atoms with E-state index in [1.165, 1.54) is 23.8 Å². The van der Waals surface area contributed by atoms with Gasteiger partial charge in [-0.1, -0.05) is 42.5 Å². The number of aryl methyl sites for hydroxylation is 1. The van der Waals surface area contributed by atoms with Gasteiger partial charge in [0, 0.05) is 19.3 Å². The number of hydrogen-bond donors (Lipinski definition) is 1. The zero-order valence-corrected chi connectivity index (χ0v) is 21.5. The lowest BCUT2D eigenvalue weighted by atomic mass is 9.89. The molecule has 36 heavy (non-hydrogen) atoms. The van der Waals surface area contributed by atoms with E-state index < -0.39 is 11.6 Å². The third-order valence-electron chi connectivity index (χ3n) is 6.30. The summed E-state index contributed by atoms with van der Waals surface area (Å²) in [5.74, 6) is -0.448. The summed E-state index contributed by atoms with van der Waals surface area (Å²) in [7, 11) is 1.35. The molecule has 0 bridgehead atoms. The van der Waals surface area contributed by atoms with Crippen LogP contribution in [0.15, 0.2) is 60.9 Å². The molecule has 1 N–H and O–H groups in total. The Morgan fingerprint density at radius 2 is 1.92 bits per heavy atom. The third kappa shape index (κ3) is 5.51. The van der Waals surface area contributed by atoms with Crippen LogP contribution in [0.5, 0.6) is 0 Å². The monoisotopic (exact) mass is 487 g/mol. The second-order valence-corrected chi connectivity index (χ2v) is 9.96. The van der Waals surface area contributed by atoms with Crippen molar-refractivity contribution in [2.45, 2.75) is 45.8 Å². The predicted molar refractivity (Wildman–Crippen MR) is 140 cm³/mol. The van der Waals surface area contributed by atoms with Crippen molar-refractivity contribution < 1.29 is 19.1 Å². The Hall–Kier alpha value is -3.87. The highest BCUT2D eigenvalue weighted by molar-refractivity contribution is 5.95. The van der Waals surface area contributed by atoms with E-state index in [2.05, 4.69) is 47.6 Å². The van der Waals surface area contributed by atoms with Crippen molar-refractivity contribution in [3.63, 3.8) is 0 Å². The number of esters is 1. The van der Waals surface area contributed by atoms with Crippen molar-refractivity contribution in [1.29, 1.82) is 0 Å². The van der Waals surface area contributed by atoms with Gasteiger partial charge in [-0.05, 0) is 68.0 Å². The molecular weight excluding hydrogens is 454 g/mol. The summed E-state index contributed by atoms with van der Waals surface area (Å²) in [5, 5.41) is 3.33. The van der Waals surface area contributed by atoms with Crippen LogP contribution in [0, 0.1) is 6.92 Å². The van der Waals surface area contributed by atoms with Crippen LogP contribution >= 0.6 is 0 Å². The lowest BCUT2D eigenvalue weighted by Crippen LogP contribution is -2.45. The first kappa shape index (κ1) is 25.2. The molecule has 2 aromatic carbocycles. The maximum atomic E-state index is 13.2. The highest BCUT2D eigenvalue weighted by Gasteiger charge is 2.34. The average molecular weight is 488 g/mol. The molecule has 7 nitrogen and oxygen atoms in total. The number of hydrogen-bond acceptors (Lipinski definition) is 6. The van der Waals surface area contributed by atoms with Gasteiger partial charge in [-0.2, -0.15) is 0 Å². The molecule has 4 rings (SSSR count). The van der Waals surface area contributed by atoms with Gasteiger partial charge in [0.05, 0.1) is 30.6 Å². The molecule has 0 spiro atoms. The molecule has 2 heterocycles. The molecular formula is C29H33N3O4. The molecule has 1 amide bonds. The third-order valence-corrected chi connectivity index (χ3v) is 6.30. The quantitative estimate of drug-likeness (QED) is 0.459. The number of methoxy groups -OCH3 is 1. The highest BCUT2D eigenvalue weighted by atomic mass is 16.6. The minimum Gasteiger partial charge on any atom is -0.465 e. The van der Waals surface area contributed by atoms with E-state index in [-0.39, 0.29) is 12.1 Å². The number of aromatic nitrogens is 1. The van der Waals surface area contributed by atoms with Crippen molar-refractivity contribution in [2.24, 2.45) is 0 Å². The first-order valence-electron chi connectivity index (χ1n) is 12.1. The predicted octanol–water partition coefficient (Wildman–Crippen LogP) is 5.79.